The molecule has 14 heavy (non-hydrogen) atoms. The van der Waals surface area contributed by atoms with E-state index >= 15 is 0 Å². The molecule has 1 fully saturated rings. The molecule has 0 aliphatic carbocycles. The van der Waals surface area contributed by atoms with Gasteiger partial charge in [-0.2, -0.15) is 0 Å². The lowest BCUT2D eigenvalue weighted by Gasteiger charge is -2.11. The van der Waals surface area contributed by atoms with E-state index < -0.39 is 0 Å². The third-order valence-electron chi connectivity index (χ3n) is 2.74. The molecule has 1 heterocycles. The molecule has 1 aromatic rings. The molecule has 1 aromatic carbocycles. The van der Waals surface area contributed by atoms with E-state index in [2.05, 4.69) is 41.8 Å². The number of aryl methyl sites for hydroxylation is 1. The van der Waals surface area contributed by atoms with Gasteiger partial charge in [-0.1, -0.05) is 29.8 Å². The summed E-state index contributed by atoms with van der Waals surface area (Å²) in [5.74, 6) is 0. The lowest BCUT2D eigenvalue weighted by Crippen LogP contribution is -2.30. The smallest absolute Gasteiger partial charge is 0.0208 e. The number of hydrogen-bond donors (Lipinski definition) is 2. The highest BCUT2D eigenvalue weighted by Gasteiger charge is 2.12. The lowest BCUT2D eigenvalue weighted by molar-refractivity contribution is 0.547. The minimum absolute atomic E-state index is 0.663. The summed E-state index contributed by atoms with van der Waals surface area (Å²) in [7, 11) is 0. The molecule has 2 rings (SSSR count). The van der Waals surface area contributed by atoms with Crippen molar-refractivity contribution >= 4 is 0 Å². The monoisotopic (exact) mass is 190 g/mol. The summed E-state index contributed by atoms with van der Waals surface area (Å²) in [6.07, 6.45) is 1.26. The van der Waals surface area contributed by atoms with E-state index in [1.807, 2.05) is 0 Å². The van der Waals surface area contributed by atoms with Gasteiger partial charge in [0.1, 0.15) is 0 Å². The molecule has 2 heteroatoms. The van der Waals surface area contributed by atoms with Crippen molar-refractivity contribution in [3.63, 3.8) is 0 Å². The average Bonchev–Trinajstić information content (AvgIpc) is 2.67. The predicted octanol–water partition coefficient (Wildman–Crippen LogP) is 1.45. The Morgan fingerprint density at radius 2 is 2.43 bits per heavy atom. The highest BCUT2D eigenvalue weighted by atomic mass is 15.0. The molecule has 1 aliphatic rings. The first kappa shape index (κ1) is 9.69. The van der Waals surface area contributed by atoms with Crippen molar-refractivity contribution in [1.29, 1.82) is 0 Å². The van der Waals surface area contributed by atoms with Crippen LogP contribution in [0.4, 0.5) is 0 Å². The van der Waals surface area contributed by atoms with Gasteiger partial charge in [-0.05, 0) is 25.5 Å². The first-order valence-corrected chi connectivity index (χ1v) is 5.34. The first-order valence-electron chi connectivity index (χ1n) is 5.34. The maximum Gasteiger partial charge on any atom is 0.0208 e. The molecule has 0 aromatic heterocycles. The molecule has 0 bridgehead atoms. The van der Waals surface area contributed by atoms with Crippen LogP contribution in [0.1, 0.15) is 17.5 Å². The fraction of sp³-hybridized carbons (Fsp3) is 0.500. The van der Waals surface area contributed by atoms with E-state index in [0.29, 0.717) is 6.04 Å². The van der Waals surface area contributed by atoms with E-state index in [0.717, 1.165) is 19.6 Å². The number of nitrogens with one attached hydrogen (secondary N) is 2. The van der Waals surface area contributed by atoms with Crippen LogP contribution in [0.25, 0.3) is 0 Å². The van der Waals surface area contributed by atoms with Crippen molar-refractivity contribution in [2.45, 2.75) is 25.9 Å². The second kappa shape index (κ2) is 4.58. The Labute approximate surface area is 85.7 Å². The maximum absolute atomic E-state index is 3.56. The number of benzene rings is 1. The Morgan fingerprint density at radius 3 is 3.14 bits per heavy atom. The molecule has 2 N–H and O–H groups in total. The van der Waals surface area contributed by atoms with Gasteiger partial charge in [0.25, 0.3) is 0 Å². The quantitative estimate of drug-likeness (QED) is 0.754. The standard InChI is InChI=1S/C12H18N2/c1-10-3-2-4-11(7-10)8-14-12-5-6-13-9-12/h2-4,7,12-14H,5-6,8-9H2,1H3. The summed E-state index contributed by atoms with van der Waals surface area (Å²) < 4.78 is 0. The van der Waals surface area contributed by atoms with Crippen molar-refractivity contribution in [2.24, 2.45) is 0 Å². The molecule has 0 saturated carbocycles. The van der Waals surface area contributed by atoms with Gasteiger partial charge in [0, 0.05) is 19.1 Å². The van der Waals surface area contributed by atoms with Crippen LogP contribution < -0.4 is 10.6 Å². The minimum atomic E-state index is 0.663. The molecular formula is C12H18N2. The minimum Gasteiger partial charge on any atom is -0.315 e. The number of hydrogen-bond acceptors (Lipinski definition) is 2. The van der Waals surface area contributed by atoms with Gasteiger partial charge in [0.15, 0.2) is 0 Å². The zero-order valence-electron chi connectivity index (χ0n) is 8.72. The van der Waals surface area contributed by atoms with Crippen LogP contribution >= 0.6 is 0 Å². The summed E-state index contributed by atoms with van der Waals surface area (Å²) in [6, 6.07) is 9.35. The molecule has 0 spiro atoms. The molecular weight excluding hydrogens is 172 g/mol. The lowest BCUT2D eigenvalue weighted by atomic mass is 10.1. The van der Waals surface area contributed by atoms with Crippen molar-refractivity contribution < 1.29 is 0 Å². The zero-order chi connectivity index (χ0) is 9.80. The second-order valence-corrected chi connectivity index (χ2v) is 4.06. The van der Waals surface area contributed by atoms with Gasteiger partial charge in [-0.25, -0.2) is 0 Å². The molecule has 2 nitrogen and oxygen atoms in total. The molecule has 76 valence electrons. The Hall–Kier alpha value is -0.860. The van der Waals surface area contributed by atoms with Gasteiger partial charge in [-0.15, -0.1) is 0 Å². The maximum atomic E-state index is 3.56. The highest BCUT2D eigenvalue weighted by Crippen LogP contribution is 2.05. The normalized spacial score (nSPS) is 21.4. The van der Waals surface area contributed by atoms with E-state index in [4.69, 9.17) is 0 Å². The third-order valence-corrected chi connectivity index (χ3v) is 2.74. The van der Waals surface area contributed by atoms with Gasteiger partial charge in [-0.3, -0.25) is 0 Å². The SMILES string of the molecule is Cc1cccc(CNC2CCNC2)c1. The molecule has 0 radical (unpaired) electrons. The summed E-state index contributed by atoms with van der Waals surface area (Å²) in [4.78, 5) is 0. The van der Waals surface area contributed by atoms with Crippen LogP contribution in [0.5, 0.6) is 0 Å². The van der Waals surface area contributed by atoms with E-state index in [9.17, 15) is 0 Å². The van der Waals surface area contributed by atoms with Gasteiger partial charge < -0.3 is 10.6 Å². The van der Waals surface area contributed by atoms with Crippen molar-refractivity contribution in [3.8, 4) is 0 Å². The summed E-state index contributed by atoms with van der Waals surface area (Å²) in [5.41, 5.74) is 2.73. The van der Waals surface area contributed by atoms with Crippen molar-refractivity contribution in [2.75, 3.05) is 13.1 Å². The van der Waals surface area contributed by atoms with Gasteiger partial charge >= 0.3 is 0 Å². The van der Waals surface area contributed by atoms with Crippen molar-refractivity contribution in [3.05, 3.63) is 35.4 Å². The van der Waals surface area contributed by atoms with Crippen LogP contribution in [-0.2, 0) is 6.54 Å². The van der Waals surface area contributed by atoms with Crippen molar-refractivity contribution in [1.82, 2.24) is 10.6 Å². The summed E-state index contributed by atoms with van der Waals surface area (Å²) in [6.45, 7) is 5.41. The summed E-state index contributed by atoms with van der Waals surface area (Å²) in [5, 5.41) is 6.92. The topological polar surface area (TPSA) is 24.1 Å². The van der Waals surface area contributed by atoms with Gasteiger partial charge in [0.2, 0.25) is 0 Å². The van der Waals surface area contributed by atoms with Crippen LogP contribution in [0.2, 0.25) is 0 Å². The molecule has 1 atom stereocenters. The molecule has 0 amide bonds. The van der Waals surface area contributed by atoms with Gasteiger partial charge in [0.05, 0.1) is 0 Å². The average molecular weight is 190 g/mol. The molecule has 1 aliphatic heterocycles. The fourth-order valence-electron chi connectivity index (χ4n) is 1.91. The molecule has 1 unspecified atom stereocenters. The Morgan fingerprint density at radius 1 is 1.50 bits per heavy atom. The van der Waals surface area contributed by atoms with Crippen LogP contribution in [0.3, 0.4) is 0 Å². The number of rotatable bonds is 3. The second-order valence-electron chi connectivity index (χ2n) is 4.06. The van der Waals surface area contributed by atoms with E-state index in [-0.39, 0.29) is 0 Å². The van der Waals surface area contributed by atoms with Crippen LogP contribution in [0, 0.1) is 6.92 Å². The van der Waals surface area contributed by atoms with Crippen LogP contribution in [-0.4, -0.2) is 19.1 Å². The fourth-order valence-corrected chi connectivity index (χ4v) is 1.91. The molecule has 1 saturated heterocycles. The third kappa shape index (κ3) is 2.56. The Kier molecular flexibility index (Phi) is 3.17. The Bertz CT molecular complexity index is 290. The first-order chi connectivity index (χ1) is 6.84. The van der Waals surface area contributed by atoms with E-state index in [1.54, 1.807) is 0 Å². The highest BCUT2D eigenvalue weighted by molar-refractivity contribution is 5.22. The predicted molar refractivity (Wildman–Crippen MR) is 59.3 cm³/mol. The zero-order valence-corrected chi connectivity index (χ0v) is 8.72. The van der Waals surface area contributed by atoms with E-state index in [1.165, 1.54) is 17.5 Å². The van der Waals surface area contributed by atoms with Crippen LogP contribution in [0.15, 0.2) is 24.3 Å². The Balaban J connectivity index is 1.85. The largest absolute Gasteiger partial charge is 0.315 e. The summed E-state index contributed by atoms with van der Waals surface area (Å²) >= 11 is 0.